The van der Waals surface area contributed by atoms with Crippen LogP contribution in [0.4, 0.5) is 0 Å². The van der Waals surface area contributed by atoms with E-state index in [2.05, 4.69) is 36.3 Å². The van der Waals surface area contributed by atoms with Crippen molar-refractivity contribution in [2.24, 2.45) is 0 Å². The molecule has 1 N–H and O–H groups in total. The average molecular weight is 402 g/mol. The molecule has 0 aliphatic carbocycles. The highest BCUT2D eigenvalue weighted by Gasteiger charge is 2.16. The summed E-state index contributed by atoms with van der Waals surface area (Å²) < 4.78 is 5.50. The highest BCUT2D eigenvalue weighted by Crippen LogP contribution is 2.26. The molecule has 0 bridgehead atoms. The van der Waals surface area contributed by atoms with Crippen molar-refractivity contribution < 1.29 is 14.0 Å². The monoisotopic (exact) mass is 401 g/mol. The number of aromatic nitrogens is 2. The van der Waals surface area contributed by atoms with Gasteiger partial charge in [0.25, 0.3) is 17.0 Å². The minimum Gasteiger partial charge on any atom is -0.410 e. The molecule has 140 valence electrons. The van der Waals surface area contributed by atoms with Gasteiger partial charge in [0.15, 0.2) is 0 Å². The molecule has 2 amide bonds. The summed E-state index contributed by atoms with van der Waals surface area (Å²) in [6, 6.07) is 11.0. The highest BCUT2D eigenvalue weighted by atomic mass is 32.2. The quantitative estimate of drug-likeness (QED) is 0.647. The van der Waals surface area contributed by atoms with Crippen molar-refractivity contribution in [3.63, 3.8) is 0 Å². The van der Waals surface area contributed by atoms with Crippen LogP contribution in [0, 0.1) is 0 Å². The van der Waals surface area contributed by atoms with E-state index in [0.717, 1.165) is 22.2 Å². The Morgan fingerprint density at radius 1 is 1.15 bits per heavy atom. The van der Waals surface area contributed by atoms with Gasteiger partial charge >= 0.3 is 0 Å². The van der Waals surface area contributed by atoms with E-state index in [1.807, 2.05) is 29.6 Å². The molecule has 0 aliphatic heterocycles. The molecule has 2 heterocycles. The first-order chi connectivity index (χ1) is 12.8. The van der Waals surface area contributed by atoms with Gasteiger partial charge in [0.1, 0.15) is 0 Å². The SMILES string of the molecule is CC(C)(C)c1ccc(C(=O)NC(=O)CSc2nnc(-c3cccs3)o2)cc1. The van der Waals surface area contributed by atoms with E-state index in [-0.39, 0.29) is 16.4 Å². The maximum Gasteiger partial charge on any atom is 0.277 e. The third-order valence-electron chi connectivity index (χ3n) is 3.73. The molecule has 0 unspecified atom stereocenters. The van der Waals surface area contributed by atoms with Gasteiger partial charge in [-0.3, -0.25) is 14.9 Å². The van der Waals surface area contributed by atoms with Gasteiger partial charge in [-0.05, 0) is 34.6 Å². The summed E-state index contributed by atoms with van der Waals surface area (Å²) in [4.78, 5) is 25.1. The standard InChI is InChI=1S/C19H19N3O3S2/c1-19(2,3)13-8-6-12(7-9-13)16(24)20-15(23)11-27-18-22-21-17(25-18)14-5-4-10-26-14/h4-10H,11H2,1-3H3,(H,20,23,24). The van der Waals surface area contributed by atoms with Crippen LogP contribution in [0.15, 0.2) is 51.4 Å². The molecule has 3 aromatic rings. The Morgan fingerprint density at radius 2 is 1.89 bits per heavy atom. The van der Waals surface area contributed by atoms with Crippen LogP contribution in [-0.2, 0) is 10.2 Å². The maximum atomic E-state index is 12.2. The van der Waals surface area contributed by atoms with Gasteiger partial charge in [-0.1, -0.05) is 50.7 Å². The summed E-state index contributed by atoms with van der Waals surface area (Å²) in [5, 5.41) is 12.4. The second-order valence-corrected chi connectivity index (χ2v) is 8.72. The zero-order valence-electron chi connectivity index (χ0n) is 15.2. The number of thiophene rings is 1. The summed E-state index contributed by atoms with van der Waals surface area (Å²) in [5.74, 6) is -0.410. The van der Waals surface area contributed by atoms with E-state index in [9.17, 15) is 9.59 Å². The Balaban J connectivity index is 1.52. The summed E-state index contributed by atoms with van der Waals surface area (Å²) in [7, 11) is 0. The number of carbonyl (C=O) groups excluding carboxylic acids is 2. The van der Waals surface area contributed by atoms with Gasteiger partial charge in [0.2, 0.25) is 5.91 Å². The lowest BCUT2D eigenvalue weighted by Gasteiger charge is -2.18. The first-order valence-corrected chi connectivity index (χ1v) is 10.1. The summed E-state index contributed by atoms with van der Waals surface area (Å²) >= 11 is 2.58. The Morgan fingerprint density at radius 3 is 2.52 bits per heavy atom. The Hall–Kier alpha value is -2.45. The van der Waals surface area contributed by atoms with Crippen molar-refractivity contribution in [3.8, 4) is 10.8 Å². The van der Waals surface area contributed by atoms with Gasteiger partial charge in [-0.15, -0.1) is 21.5 Å². The van der Waals surface area contributed by atoms with E-state index in [0.29, 0.717) is 11.5 Å². The number of carbonyl (C=O) groups is 2. The number of nitrogens with zero attached hydrogens (tertiary/aromatic N) is 2. The van der Waals surface area contributed by atoms with Crippen LogP contribution in [0.2, 0.25) is 0 Å². The minimum atomic E-state index is -0.425. The van der Waals surface area contributed by atoms with Crippen molar-refractivity contribution in [1.82, 2.24) is 15.5 Å². The topological polar surface area (TPSA) is 85.1 Å². The zero-order chi connectivity index (χ0) is 19.4. The average Bonchev–Trinajstić information content (AvgIpc) is 3.30. The van der Waals surface area contributed by atoms with Crippen LogP contribution < -0.4 is 5.32 Å². The van der Waals surface area contributed by atoms with Crippen LogP contribution >= 0.6 is 23.1 Å². The molecule has 8 heteroatoms. The number of amides is 2. The molecule has 1 aromatic carbocycles. The second-order valence-electron chi connectivity index (χ2n) is 6.84. The van der Waals surface area contributed by atoms with Crippen molar-refractivity contribution in [2.45, 2.75) is 31.4 Å². The number of nitrogens with one attached hydrogen (secondary N) is 1. The van der Waals surface area contributed by atoms with Gasteiger partial charge in [0.05, 0.1) is 10.6 Å². The van der Waals surface area contributed by atoms with Crippen LogP contribution in [0.3, 0.4) is 0 Å². The molecule has 0 spiro atoms. The zero-order valence-corrected chi connectivity index (χ0v) is 16.8. The molecule has 27 heavy (non-hydrogen) atoms. The minimum absolute atomic E-state index is 0.00745. The number of rotatable bonds is 5. The first-order valence-electron chi connectivity index (χ1n) is 8.28. The van der Waals surface area contributed by atoms with Crippen molar-refractivity contribution >= 4 is 34.9 Å². The number of benzene rings is 1. The van der Waals surface area contributed by atoms with Crippen molar-refractivity contribution in [1.29, 1.82) is 0 Å². The fourth-order valence-corrected chi connectivity index (χ4v) is 3.46. The number of hydrogen-bond donors (Lipinski definition) is 1. The molecule has 6 nitrogen and oxygen atoms in total. The third kappa shape index (κ3) is 5.05. The van der Waals surface area contributed by atoms with Crippen LogP contribution in [-0.4, -0.2) is 27.8 Å². The molecular weight excluding hydrogens is 382 g/mol. The van der Waals surface area contributed by atoms with Crippen LogP contribution in [0.1, 0.15) is 36.7 Å². The van der Waals surface area contributed by atoms with Crippen molar-refractivity contribution in [3.05, 3.63) is 52.9 Å². The smallest absolute Gasteiger partial charge is 0.277 e. The van der Waals surface area contributed by atoms with E-state index in [1.165, 1.54) is 11.3 Å². The normalized spacial score (nSPS) is 11.4. The Kier molecular flexibility index (Phi) is 5.76. The molecule has 0 radical (unpaired) electrons. The second kappa shape index (κ2) is 8.06. The third-order valence-corrected chi connectivity index (χ3v) is 5.41. The fraction of sp³-hybridized carbons (Fsp3) is 0.263. The molecule has 0 aliphatic rings. The van der Waals surface area contributed by atoms with Gasteiger partial charge in [-0.2, -0.15) is 0 Å². The molecule has 0 saturated carbocycles. The number of hydrogen-bond acceptors (Lipinski definition) is 7. The molecular formula is C19H19N3O3S2. The molecule has 0 atom stereocenters. The predicted molar refractivity (Wildman–Crippen MR) is 106 cm³/mol. The lowest BCUT2D eigenvalue weighted by molar-refractivity contribution is -0.117. The first kappa shape index (κ1) is 19.3. The number of imide groups is 1. The number of thioether (sulfide) groups is 1. The Labute approximate surface area is 165 Å². The molecule has 3 rings (SSSR count). The molecule has 2 aromatic heterocycles. The highest BCUT2D eigenvalue weighted by molar-refractivity contribution is 7.99. The summed E-state index contributed by atoms with van der Waals surface area (Å²) in [6.45, 7) is 6.30. The van der Waals surface area contributed by atoms with Gasteiger partial charge < -0.3 is 4.42 Å². The van der Waals surface area contributed by atoms with Crippen LogP contribution in [0.5, 0.6) is 0 Å². The summed E-state index contributed by atoms with van der Waals surface area (Å²) in [6.07, 6.45) is 0. The molecule has 0 saturated heterocycles. The van der Waals surface area contributed by atoms with E-state index in [1.54, 1.807) is 12.1 Å². The van der Waals surface area contributed by atoms with E-state index >= 15 is 0 Å². The largest absolute Gasteiger partial charge is 0.410 e. The van der Waals surface area contributed by atoms with E-state index in [4.69, 9.17) is 4.42 Å². The lowest BCUT2D eigenvalue weighted by Crippen LogP contribution is -2.31. The van der Waals surface area contributed by atoms with E-state index < -0.39 is 11.8 Å². The fourth-order valence-electron chi connectivity index (χ4n) is 2.25. The van der Waals surface area contributed by atoms with Gasteiger partial charge in [0, 0.05) is 5.56 Å². The van der Waals surface area contributed by atoms with Crippen LogP contribution in [0.25, 0.3) is 10.8 Å². The predicted octanol–water partition coefficient (Wildman–Crippen LogP) is 4.14. The Bertz CT molecular complexity index is 926. The maximum absolute atomic E-state index is 12.2. The summed E-state index contributed by atoms with van der Waals surface area (Å²) in [5.41, 5.74) is 1.58. The van der Waals surface area contributed by atoms with Gasteiger partial charge in [-0.25, -0.2) is 0 Å². The lowest BCUT2D eigenvalue weighted by atomic mass is 9.87. The molecule has 0 fully saturated rings. The van der Waals surface area contributed by atoms with Crippen molar-refractivity contribution in [2.75, 3.05) is 5.75 Å².